The quantitative estimate of drug-likeness (QED) is 0.105. The summed E-state index contributed by atoms with van der Waals surface area (Å²) in [4.78, 5) is 58.5. The second-order valence-electron chi connectivity index (χ2n) is 15.5. The molecule has 0 radical (unpaired) electrons. The van der Waals surface area contributed by atoms with Gasteiger partial charge in [-0.1, -0.05) is 75.7 Å². The first-order valence-electron chi connectivity index (χ1n) is 18.9. The molecule has 0 unspecified atom stereocenters. The number of amides is 4. The first kappa shape index (κ1) is 45.5. The molecule has 1 fully saturated rings. The van der Waals surface area contributed by atoms with Gasteiger partial charge in [0.25, 0.3) is 0 Å². The Bertz CT molecular complexity index is 1710. The molecule has 0 bridgehead atoms. The Morgan fingerprint density at radius 3 is 2.36 bits per heavy atom. The number of unbranched alkanes of at least 4 members (excludes halogenated alkanes) is 2. The van der Waals surface area contributed by atoms with E-state index in [2.05, 4.69) is 21.7 Å². The Hall–Kier alpha value is -3.88. The molecule has 1 aliphatic rings. The van der Waals surface area contributed by atoms with Gasteiger partial charge in [-0.2, -0.15) is 0 Å². The van der Waals surface area contributed by atoms with Gasteiger partial charge in [0.05, 0.1) is 34.9 Å². The van der Waals surface area contributed by atoms with Gasteiger partial charge in [0.1, 0.15) is 12.1 Å². The number of nitrogens with one attached hydrogen (secondary N) is 2. The van der Waals surface area contributed by atoms with Gasteiger partial charge >= 0.3 is 0 Å². The lowest BCUT2D eigenvalue weighted by molar-refractivity contribution is -0.144. The molecule has 302 valence electrons. The summed E-state index contributed by atoms with van der Waals surface area (Å²) in [7, 11) is 0. The van der Waals surface area contributed by atoms with Crippen molar-refractivity contribution in [2.75, 3.05) is 6.54 Å². The van der Waals surface area contributed by atoms with Crippen molar-refractivity contribution in [3.63, 3.8) is 0 Å². The summed E-state index contributed by atoms with van der Waals surface area (Å²) < 4.78 is 6.02. The van der Waals surface area contributed by atoms with Gasteiger partial charge in [-0.25, -0.2) is 4.98 Å². The van der Waals surface area contributed by atoms with Crippen LogP contribution in [0.4, 0.5) is 0 Å². The molecular weight excluding hydrogens is 740 g/mol. The number of nitrogens with zero attached hydrogens (tertiary/aromatic N) is 2. The van der Waals surface area contributed by atoms with E-state index in [4.69, 9.17) is 16.2 Å². The number of aliphatic hydroxyl groups excluding tert-OH is 1. The molecule has 0 saturated carbocycles. The number of benzene rings is 2. The lowest BCUT2D eigenvalue weighted by Gasteiger charge is -2.35. The van der Waals surface area contributed by atoms with Crippen LogP contribution >= 0.6 is 23.7 Å². The number of hydrogen-bond acceptors (Lipinski definition) is 9. The number of ether oxygens (including phenoxy) is 1. The van der Waals surface area contributed by atoms with Gasteiger partial charge in [-0.15, -0.1) is 23.7 Å². The third-order valence-electron chi connectivity index (χ3n) is 10.0. The monoisotopic (exact) mass is 798 g/mol. The highest BCUT2D eigenvalue weighted by atomic mass is 35.5. The number of likely N-dealkylation sites (tertiary alicyclic amines) is 1. The standard InChI is InChI=1S/C41H58N6O6S.ClH/c1-26-37(54-25-45-26)30-17-15-28(16-18-30)22-44-39(51)34-21-32(48)23-47(34)40(52)38(41(3,4)5)46-36(50)14-8-6-7-11-29-12-9-10-13-31(29)24-53-27(2)33(42)19-20-35(43)49;/h9-10,12-13,15-18,25,27,32-34,38,48H,6-8,11,14,19-24,42H2,1-5H3,(H2,43,49)(H,44,51)(H,46,50);1H/t27-,32-,33+,34+,38-;/m1./s1. The zero-order valence-corrected chi connectivity index (χ0v) is 34.3. The van der Waals surface area contributed by atoms with E-state index < -0.39 is 23.6 Å². The molecule has 1 saturated heterocycles. The van der Waals surface area contributed by atoms with Crippen molar-refractivity contribution in [2.45, 2.75) is 129 Å². The van der Waals surface area contributed by atoms with Crippen molar-refractivity contribution in [3.05, 3.63) is 76.4 Å². The van der Waals surface area contributed by atoms with Crippen LogP contribution in [0.5, 0.6) is 0 Å². The molecule has 4 amide bonds. The number of aliphatic hydroxyl groups is 1. The zero-order chi connectivity index (χ0) is 39.4. The highest BCUT2D eigenvalue weighted by Gasteiger charge is 2.44. The summed E-state index contributed by atoms with van der Waals surface area (Å²) in [5.41, 5.74) is 17.8. The Morgan fingerprint density at radius 1 is 1.04 bits per heavy atom. The van der Waals surface area contributed by atoms with E-state index in [0.717, 1.165) is 46.5 Å². The van der Waals surface area contributed by atoms with E-state index in [9.17, 15) is 24.3 Å². The topological polar surface area (TPSA) is 190 Å². The minimum atomic E-state index is -0.869. The zero-order valence-electron chi connectivity index (χ0n) is 32.7. The lowest BCUT2D eigenvalue weighted by Crippen LogP contribution is -2.57. The largest absolute Gasteiger partial charge is 0.391 e. The molecule has 1 aliphatic heterocycles. The highest BCUT2D eigenvalue weighted by molar-refractivity contribution is 7.13. The second-order valence-corrected chi connectivity index (χ2v) is 16.3. The van der Waals surface area contributed by atoms with Crippen LogP contribution in [-0.2, 0) is 43.5 Å². The van der Waals surface area contributed by atoms with Crippen molar-refractivity contribution in [1.29, 1.82) is 0 Å². The van der Waals surface area contributed by atoms with E-state index in [0.29, 0.717) is 19.4 Å². The third kappa shape index (κ3) is 13.7. The Morgan fingerprint density at radius 2 is 1.73 bits per heavy atom. The highest BCUT2D eigenvalue weighted by Crippen LogP contribution is 2.28. The molecule has 55 heavy (non-hydrogen) atoms. The number of carbonyl (C=O) groups excluding carboxylic acids is 4. The summed E-state index contributed by atoms with van der Waals surface area (Å²) >= 11 is 1.58. The molecule has 7 N–H and O–H groups in total. The van der Waals surface area contributed by atoms with E-state index in [1.807, 2.05) is 82.6 Å². The van der Waals surface area contributed by atoms with Crippen LogP contribution in [0.25, 0.3) is 10.4 Å². The van der Waals surface area contributed by atoms with E-state index >= 15 is 0 Å². The summed E-state index contributed by atoms with van der Waals surface area (Å²) in [6, 6.07) is 14.0. The van der Waals surface area contributed by atoms with Gasteiger partial charge in [-0.05, 0) is 67.2 Å². The Balaban J connectivity index is 0.00000812. The average Bonchev–Trinajstić information content (AvgIpc) is 3.75. The van der Waals surface area contributed by atoms with Crippen LogP contribution in [0, 0.1) is 12.3 Å². The second kappa shape index (κ2) is 21.4. The summed E-state index contributed by atoms with van der Waals surface area (Å²) in [6.45, 7) is 10.2. The van der Waals surface area contributed by atoms with Gasteiger partial charge < -0.3 is 36.8 Å². The number of thiazole rings is 1. The van der Waals surface area contributed by atoms with Crippen molar-refractivity contribution in [1.82, 2.24) is 20.5 Å². The van der Waals surface area contributed by atoms with Crippen LogP contribution in [0.3, 0.4) is 0 Å². The molecule has 0 aliphatic carbocycles. The number of nitrogens with two attached hydrogens (primary N) is 2. The third-order valence-corrected chi connectivity index (χ3v) is 11.0. The van der Waals surface area contributed by atoms with Crippen molar-refractivity contribution < 1.29 is 29.0 Å². The number of halogens is 1. The van der Waals surface area contributed by atoms with Crippen LogP contribution in [-0.4, -0.2) is 75.5 Å². The minimum absolute atomic E-state index is 0. The molecule has 2 heterocycles. The van der Waals surface area contributed by atoms with Gasteiger partial charge in [0.15, 0.2) is 0 Å². The lowest BCUT2D eigenvalue weighted by atomic mass is 9.85. The summed E-state index contributed by atoms with van der Waals surface area (Å²) in [6.07, 6.45) is 3.19. The molecule has 1 aromatic heterocycles. The van der Waals surface area contributed by atoms with Crippen LogP contribution in [0.2, 0.25) is 0 Å². The molecule has 5 atom stereocenters. The molecule has 4 rings (SSSR count). The van der Waals surface area contributed by atoms with Crippen LogP contribution in [0.15, 0.2) is 54.0 Å². The SMILES string of the molecule is Cc1ncsc1-c1ccc(CNC(=O)[C@@H]2C[C@@H](O)CN2C(=O)[C@@H](NC(=O)CCCCCc2ccccc2CO[C@H](C)[C@@H](N)CCC(N)=O)C(C)(C)C)cc1.Cl. The predicted octanol–water partition coefficient (Wildman–Crippen LogP) is 4.95. The molecule has 0 spiro atoms. The Kier molecular flexibility index (Phi) is 17.7. The van der Waals surface area contributed by atoms with E-state index in [1.54, 1.807) is 11.3 Å². The van der Waals surface area contributed by atoms with Gasteiger partial charge in [0.2, 0.25) is 23.6 Å². The van der Waals surface area contributed by atoms with Crippen molar-refractivity contribution >= 4 is 47.4 Å². The number of aromatic nitrogens is 1. The predicted molar refractivity (Wildman–Crippen MR) is 218 cm³/mol. The van der Waals surface area contributed by atoms with E-state index in [1.165, 1.54) is 10.5 Å². The van der Waals surface area contributed by atoms with Crippen LogP contribution in [0.1, 0.15) is 95.0 Å². The maximum absolute atomic E-state index is 14.0. The normalized spacial score (nSPS) is 17.2. The first-order chi connectivity index (χ1) is 25.6. The average molecular weight is 799 g/mol. The number of rotatable bonds is 19. The molecule has 12 nitrogen and oxygen atoms in total. The summed E-state index contributed by atoms with van der Waals surface area (Å²) in [5, 5.41) is 16.4. The maximum atomic E-state index is 14.0. The number of aryl methyl sites for hydroxylation is 2. The minimum Gasteiger partial charge on any atom is -0.391 e. The fourth-order valence-electron chi connectivity index (χ4n) is 6.62. The van der Waals surface area contributed by atoms with Crippen molar-refractivity contribution in [2.24, 2.45) is 16.9 Å². The van der Waals surface area contributed by atoms with Gasteiger partial charge in [-0.3, -0.25) is 19.2 Å². The van der Waals surface area contributed by atoms with E-state index in [-0.39, 0.29) is 80.5 Å². The van der Waals surface area contributed by atoms with Crippen molar-refractivity contribution in [3.8, 4) is 10.4 Å². The maximum Gasteiger partial charge on any atom is 0.246 e. The van der Waals surface area contributed by atoms with Crippen LogP contribution < -0.4 is 22.1 Å². The first-order valence-corrected chi connectivity index (χ1v) is 19.8. The molecule has 2 aromatic carbocycles. The number of hydrogen-bond donors (Lipinski definition) is 5. The molecule has 3 aromatic rings. The number of carbonyl (C=O) groups is 4. The summed E-state index contributed by atoms with van der Waals surface area (Å²) in [5.74, 6) is -1.32. The number of primary amides is 1. The molecule has 14 heteroatoms. The number of β-amino-alcohol motifs (C(OH)–C–C–N with tert-alkyl or cyclic N) is 1. The Labute approximate surface area is 335 Å². The molecular formula is C41H59ClN6O6S. The smallest absolute Gasteiger partial charge is 0.246 e. The fraction of sp³-hybridized carbons (Fsp3) is 0.537. The van der Waals surface area contributed by atoms with Gasteiger partial charge in [0, 0.05) is 38.4 Å². The fourth-order valence-corrected chi connectivity index (χ4v) is 7.43.